The molecule has 0 bridgehead atoms. The molecule has 1 rings (SSSR count). The zero-order chi connectivity index (χ0) is 13.9. The third-order valence-electron chi connectivity index (χ3n) is 3.89. The molecular weight excluding hydrogens is 292 g/mol. The molecule has 3 nitrogen and oxygen atoms in total. The number of hydrogen-bond donors (Lipinski definition) is 1. The summed E-state index contributed by atoms with van der Waals surface area (Å²) >= 11 is 3.63. The standard InChI is InChI=1S/C14H25BrN2O/c1-6-10(4)14(5,18)9-12-13(15)11(7-2)16-17(12)8-3/h10,18H,6-9H2,1-5H3. The Morgan fingerprint density at radius 3 is 2.44 bits per heavy atom. The zero-order valence-electron chi connectivity index (χ0n) is 12.1. The number of rotatable bonds is 6. The Labute approximate surface area is 119 Å². The third-order valence-corrected chi connectivity index (χ3v) is 4.81. The summed E-state index contributed by atoms with van der Waals surface area (Å²) in [4.78, 5) is 0. The first kappa shape index (κ1) is 15.7. The molecule has 0 spiro atoms. The van der Waals surface area contributed by atoms with Gasteiger partial charge in [0.05, 0.1) is 21.5 Å². The Hall–Kier alpha value is -0.350. The number of aliphatic hydroxyl groups is 1. The van der Waals surface area contributed by atoms with E-state index in [0.29, 0.717) is 6.42 Å². The normalized spacial score (nSPS) is 16.6. The van der Waals surface area contributed by atoms with Crippen molar-refractivity contribution in [2.24, 2.45) is 5.92 Å². The Morgan fingerprint density at radius 1 is 1.39 bits per heavy atom. The molecule has 0 aliphatic rings. The second-order valence-electron chi connectivity index (χ2n) is 5.22. The van der Waals surface area contributed by atoms with E-state index in [2.05, 4.69) is 48.7 Å². The van der Waals surface area contributed by atoms with E-state index in [1.165, 1.54) is 0 Å². The van der Waals surface area contributed by atoms with Gasteiger partial charge in [-0.1, -0.05) is 27.2 Å². The van der Waals surface area contributed by atoms with Crippen LogP contribution >= 0.6 is 15.9 Å². The van der Waals surface area contributed by atoms with E-state index in [1.807, 2.05) is 11.6 Å². The molecule has 0 saturated heterocycles. The van der Waals surface area contributed by atoms with Crippen molar-refractivity contribution in [2.75, 3.05) is 0 Å². The molecule has 1 N–H and O–H groups in total. The maximum atomic E-state index is 10.6. The van der Waals surface area contributed by atoms with E-state index in [1.54, 1.807) is 0 Å². The summed E-state index contributed by atoms with van der Waals surface area (Å²) in [7, 11) is 0. The summed E-state index contributed by atoms with van der Waals surface area (Å²) in [5.41, 5.74) is 1.50. The lowest BCUT2D eigenvalue weighted by molar-refractivity contribution is 0.00329. The smallest absolute Gasteiger partial charge is 0.0766 e. The monoisotopic (exact) mass is 316 g/mol. The first-order valence-corrected chi connectivity index (χ1v) is 7.63. The highest BCUT2D eigenvalue weighted by Gasteiger charge is 2.30. The third kappa shape index (κ3) is 3.15. The van der Waals surface area contributed by atoms with Crippen LogP contribution in [-0.2, 0) is 19.4 Å². The summed E-state index contributed by atoms with van der Waals surface area (Å²) in [6.07, 6.45) is 2.53. The van der Waals surface area contributed by atoms with Crippen LogP contribution in [0.5, 0.6) is 0 Å². The van der Waals surface area contributed by atoms with Crippen LogP contribution < -0.4 is 0 Å². The average molecular weight is 317 g/mol. The molecule has 2 atom stereocenters. The highest BCUT2D eigenvalue weighted by atomic mass is 79.9. The van der Waals surface area contributed by atoms with Gasteiger partial charge in [-0.25, -0.2) is 0 Å². The van der Waals surface area contributed by atoms with Crippen molar-refractivity contribution >= 4 is 15.9 Å². The van der Waals surface area contributed by atoms with Gasteiger partial charge in [0.15, 0.2) is 0 Å². The number of hydrogen-bond acceptors (Lipinski definition) is 2. The van der Waals surface area contributed by atoms with Crippen LogP contribution in [-0.4, -0.2) is 20.5 Å². The van der Waals surface area contributed by atoms with Crippen molar-refractivity contribution in [3.05, 3.63) is 15.9 Å². The van der Waals surface area contributed by atoms with Crippen LogP contribution in [0.1, 0.15) is 52.4 Å². The SMILES string of the molecule is CCc1nn(CC)c(CC(C)(O)C(C)CC)c1Br. The Balaban J connectivity index is 3.06. The molecule has 1 heterocycles. The van der Waals surface area contributed by atoms with Crippen LogP contribution in [0.3, 0.4) is 0 Å². The van der Waals surface area contributed by atoms with Gasteiger partial charge in [0.2, 0.25) is 0 Å². The Kier molecular flexibility index (Phi) is 5.41. The average Bonchev–Trinajstić information content (AvgIpc) is 2.64. The minimum Gasteiger partial charge on any atom is -0.389 e. The van der Waals surface area contributed by atoms with E-state index in [0.717, 1.165) is 35.2 Å². The van der Waals surface area contributed by atoms with Gasteiger partial charge in [0, 0.05) is 13.0 Å². The van der Waals surface area contributed by atoms with E-state index in [4.69, 9.17) is 0 Å². The van der Waals surface area contributed by atoms with Gasteiger partial charge in [-0.05, 0) is 42.1 Å². The fourth-order valence-corrected chi connectivity index (χ4v) is 2.84. The highest BCUT2D eigenvalue weighted by molar-refractivity contribution is 9.10. The fraction of sp³-hybridized carbons (Fsp3) is 0.786. The van der Waals surface area contributed by atoms with Crippen molar-refractivity contribution in [1.82, 2.24) is 9.78 Å². The van der Waals surface area contributed by atoms with E-state index in [9.17, 15) is 5.11 Å². The van der Waals surface area contributed by atoms with Gasteiger partial charge in [0.1, 0.15) is 0 Å². The lowest BCUT2D eigenvalue weighted by atomic mass is 9.85. The largest absolute Gasteiger partial charge is 0.389 e. The van der Waals surface area contributed by atoms with Gasteiger partial charge in [-0.15, -0.1) is 0 Å². The molecule has 104 valence electrons. The molecule has 0 fully saturated rings. The van der Waals surface area contributed by atoms with Crippen molar-refractivity contribution in [1.29, 1.82) is 0 Å². The Morgan fingerprint density at radius 2 is 2.00 bits per heavy atom. The number of aromatic nitrogens is 2. The summed E-state index contributed by atoms with van der Waals surface area (Å²) in [5, 5.41) is 15.2. The first-order valence-electron chi connectivity index (χ1n) is 6.83. The molecule has 1 aromatic rings. The molecule has 1 aromatic heterocycles. The number of aryl methyl sites for hydroxylation is 2. The molecular formula is C14H25BrN2O. The summed E-state index contributed by atoms with van der Waals surface area (Å²) in [5.74, 6) is 0.273. The minimum atomic E-state index is -0.685. The maximum absolute atomic E-state index is 10.6. The van der Waals surface area contributed by atoms with Gasteiger partial charge in [-0.3, -0.25) is 4.68 Å². The zero-order valence-corrected chi connectivity index (χ0v) is 13.7. The lowest BCUT2D eigenvalue weighted by Crippen LogP contribution is -2.35. The second kappa shape index (κ2) is 6.20. The van der Waals surface area contributed by atoms with Crippen LogP contribution in [0, 0.1) is 5.92 Å². The summed E-state index contributed by atoms with van der Waals surface area (Å²) in [6, 6.07) is 0. The number of halogens is 1. The van der Waals surface area contributed by atoms with Gasteiger partial charge < -0.3 is 5.11 Å². The van der Waals surface area contributed by atoms with Crippen LogP contribution in [0.25, 0.3) is 0 Å². The molecule has 0 aliphatic carbocycles. The molecule has 18 heavy (non-hydrogen) atoms. The predicted molar refractivity (Wildman–Crippen MR) is 78.8 cm³/mol. The summed E-state index contributed by atoms with van der Waals surface area (Å²) < 4.78 is 3.06. The van der Waals surface area contributed by atoms with Gasteiger partial charge >= 0.3 is 0 Å². The first-order chi connectivity index (χ1) is 8.37. The van der Waals surface area contributed by atoms with Gasteiger partial charge in [0.25, 0.3) is 0 Å². The second-order valence-corrected chi connectivity index (χ2v) is 6.01. The van der Waals surface area contributed by atoms with Crippen molar-refractivity contribution in [3.8, 4) is 0 Å². The van der Waals surface area contributed by atoms with Crippen LogP contribution in [0.15, 0.2) is 4.47 Å². The van der Waals surface area contributed by atoms with Gasteiger partial charge in [-0.2, -0.15) is 5.10 Å². The molecule has 0 saturated carbocycles. The predicted octanol–water partition coefficient (Wildman–Crippen LogP) is 3.57. The van der Waals surface area contributed by atoms with Crippen LogP contribution in [0.4, 0.5) is 0 Å². The lowest BCUT2D eigenvalue weighted by Gasteiger charge is -2.30. The fourth-order valence-electron chi connectivity index (χ4n) is 2.14. The maximum Gasteiger partial charge on any atom is 0.0766 e. The molecule has 2 unspecified atom stereocenters. The molecule has 0 amide bonds. The molecule has 0 aliphatic heterocycles. The van der Waals surface area contributed by atoms with Crippen molar-refractivity contribution in [3.63, 3.8) is 0 Å². The molecule has 0 aromatic carbocycles. The molecule has 0 radical (unpaired) electrons. The van der Waals surface area contributed by atoms with Crippen molar-refractivity contribution < 1.29 is 5.11 Å². The van der Waals surface area contributed by atoms with E-state index >= 15 is 0 Å². The molecule has 4 heteroatoms. The van der Waals surface area contributed by atoms with E-state index < -0.39 is 5.60 Å². The minimum absolute atomic E-state index is 0.273. The topological polar surface area (TPSA) is 38.0 Å². The number of nitrogens with zero attached hydrogens (tertiary/aromatic N) is 2. The summed E-state index contributed by atoms with van der Waals surface area (Å²) in [6.45, 7) is 11.2. The van der Waals surface area contributed by atoms with Crippen molar-refractivity contribution in [2.45, 2.75) is 66.0 Å². The van der Waals surface area contributed by atoms with E-state index in [-0.39, 0.29) is 5.92 Å². The quantitative estimate of drug-likeness (QED) is 0.871. The van der Waals surface area contributed by atoms with Crippen LogP contribution in [0.2, 0.25) is 0 Å². The highest BCUT2D eigenvalue weighted by Crippen LogP contribution is 2.30. The Bertz CT molecular complexity index is 399.